The Bertz CT molecular complexity index is 1040. The van der Waals surface area contributed by atoms with Gasteiger partial charge in [-0.3, -0.25) is 9.69 Å². The van der Waals surface area contributed by atoms with Crippen LogP contribution in [0.1, 0.15) is 11.1 Å². The molecule has 0 saturated heterocycles. The lowest BCUT2D eigenvalue weighted by molar-refractivity contribution is -0.117. The maximum Gasteiger partial charge on any atom is 0.242 e. The number of benzene rings is 2. The summed E-state index contributed by atoms with van der Waals surface area (Å²) in [5.74, 6) is 1.21. The molecule has 0 aliphatic carbocycles. The van der Waals surface area contributed by atoms with Crippen LogP contribution in [0, 0.1) is 6.92 Å². The maximum atomic E-state index is 12.5. The fourth-order valence-electron chi connectivity index (χ4n) is 3.15. The number of carbonyl (C=O) groups excluding carboxylic acids is 1. The van der Waals surface area contributed by atoms with Crippen molar-refractivity contribution in [2.45, 2.75) is 18.4 Å². The summed E-state index contributed by atoms with van der Waals surface area (Å²) in [6.45, 7) is 3.50. The molecule has 0 saturated carbocycles. The first-order valence-corrected chi connectivity index (χ1v) is 11.0. The molecule has 1 N–H and O–H groups in total. The van der Waals surface area contributed by atoms with E-state index in [1.54, 1.807) is 19.1 Å². The standard InChI is InChI=1S/C21H27N3O5S/c1-15-5-7-17(12-20(15)30(26,27)23(2)3)22-21(25)14-24(4)13-16-6-8-18-19(11-16)29-10-9-28-18/h5-8,11-12H,9-10,13-14H2,1-4H3,(H,22,25). The van der Waals surface area contributed by atoms with Crippen molar-refractivity contribution < 1.29 is 22.7 Å². The minimum Gasteiger partial charge on any atom is -0.486 e. The Kier molecular flexibility index (Phi) is 6.64. The number of ether oxygens (including phenoxy) is 2. The predicted molar refractivity (Wildman–Crippen MR) is 114 cm³/mol. The molecule has 0 spiro atoms. The molecule has 8 nitrogen and oxygen atoms in total. The monoisotopic (exact) mass is 433 g/mol. The van der Waals surface area contributed by atoms with Gasteiger partial charge in [-0.15, -0.1) is 0 Å². The van der Waals surface area contributed by atoms with E-state index in [-0.39, 0.29) is 17.3 Å². The quantitative estimate of drug-likeness (QED) is 0.719. The van der Waals surface area contributed by atoms with Crippen molar-refractivity contribution in [1.29, 1.82) is 0 Å². The van der Waals surface area contributed by atoms with Gasteiger partial charge >= 0.3 is 0 Å². The number of fused-ring (bicyclic) bond motifs is 1. The normalized spacial score (nSPS) is 13.5. The molecule has 30 heavy (non-hydrogen) atoms. The van der Waals surface area contributed by atoms with Crippen molar-refractivity contribution in [2.24, 2.45) is 0 Å². The second-order valence-corrected chi connectivity index (χ2v) is 9.59. The average molecular weight is 434 g/mol. The predicted octanol–water partition coefficient (Wildman–Crippen LogP) is 2.09. The molecule has 2 aromatic carbocycles. The lowest BCUT2D eigenvalue weighted by Gasteiger charge is -2.21. The van der Waals surface area contributed by atoms with E-state index in [1.165, 1.54) is 20.2 Å². The van der Waals surface area contributed by atoms with Crippen molar-refractivity contribution in [3.8, 4) is 11.5 Å². The second kappa shape index (κ2) is 9.03. The van der Waals surface area contributed by atoms with Gasteiger partial charge in [-0.25, -0.2) is 12.7 Å². The van der Waals surface area contributed by atoms with Crippen molar-refractivity contribution in [1.82, 2.24) is 9.21 Å². The molecule has 0 fully saturated rings. The number of hydrogen-bond donors (Lipinski definition) is 1. The highest BCUT2D eigenvalue weighted by Crippen LogP contribution is 2.31. The van der Waals surface area contributed by atoms with Crippen LogP contribution in [0.4, 0.5) is 5.69 Å². The molecule has 1 aliphatic heterocycles. The van der Waals surface area contributed by atoms with Crippen molar-refractivity contribution in [3.63, 3.8) is 0 Å². The van der Waals surface area contributed by atoms with E-state index < -0.39 is 10.0 Å². The first kappa shape index (κ1) is 22.1. The molecule has 0 bridgehead atoms. The number of aryl methyl sites for hydroxylation is 1. The number of rotatable bonds is 7. The third-order valence-electron chi connectivity index (χ3n) is 4.70. The van der Waals surface area contributed by atoms with Crippen LogP contribution < -0.4 is 14.8 Å². The van der Waals surface area contributed by atoms with E-state index in [0.29, 0.717) is 36.8 Å². The molecule has 0 unspecified atom stereocenters. The average Bonchev–Trinajstić information content (AvgIpc) is 2.69. The third kappa shape index (κ3) is 5.10. The van der Waals surface area contributed by atoms with Gasteiger partial charge in [0.1, 0.15) is 13.2 Å². The number of amides is 1. The number of nitrogens with one attached hydrogen (secondary N) is 1. The van der Waals surface area contributed by atoms with Gasteiger partial charge in [0.25, 0.3) is 0 Å². The van der Waals surface area contributed by atoms with E-state index >= 15 is 0 Å². The van der Waals surface area contributed by atoms with Crippen LogP contribution in [-0.2, 0) is 21.4 Å². The number of sulfonamides is 1. The molecular formula is C21H27N3O5S. The number of anilines is 1. The first-order chi connectivity index (χ1) is 14.2. The Morgan fingerprint density at radius 3 is 2.43 bits per heavy atom. The molecule has 1 aliphatic rings. The molecule has 0 atom stereocenters. The molecule has 0 radical (unpaired) electrons. The van der Waals surface area contributed by atoms with E-state index in [2.05, 4.69) is 5.32 Å². The summed E-state index contributed by atoms with van der Waals surface area (Å²) in [6.07, 6.45) is 0. The van der Waals surface area contributed by atoms with Gasteiger partial charge in [0.2, 0.25) is 15.9 Å². The largest absolute Gasteiger partial charge is 0.486 e. The number of likely N-dealkylation sites (N-methyl/N-ethyl adjacent to an activating group) is 1. The minimum atomic E-state index is -3.59. The Hall–Kier alpha value is -2.62. The smallest absolute Gasteiger partial charge is 0.242 e. The summed E-state index contributed by atoms with van der Waals surface area (Å²) >= 11 is 0. The highest BCUT2D eigenvalue weighted by Gasteiger charge is 2.20. The summed E-state index contributed by atoms with van der Waals surface area (Å²) in [5.41, 5.74) is 2.07. The zero-order chi connectivity index (χ0) is 21.9. The van der Waals surface area contributed by atoms with Gasteiger partial charge < -0.3 is 14.8 Å². The van der Waals surface area contributed by atoms with Crippen LogP contribution >= 0.6 is 0 Å². The summed E-state index contributed by atoms with van der Waals surface area (Å²) < 4.78 is 37.2. The first-order valence-electron chi connectivity index (χ1n) is 9.57. The highest BCUT2D eigenvalue weighted by atomic mass is 32.2. The lowest BCUT2D eigenvalue weighted by atomic mass is 10.2. The van der Waals surface area contributed by atoms with E-state index in [4.69, 9.17) is 9.47 Å². The van der Waals surface area contributed by atoms with Gasteiger partial charge in [-0.05, 0) is 49.4 Å². The van der Waals surface area contributed by atoms with Gasteiger partial charge in [-0.2, -0.15) is 0 Å². The summed E-state index contributed by atoms with van der Waals surface area (Å²) in [5, 5.41) is 2.78. The van der Waals surface area contributed by atoms with Crippen molar-refractivity contribution in [3.05, 3.63) is 47.5 Å². The maximum absolute atomic E-state index is 12.5. The van der Waals surface area contributed by atoms with Gasteiger partial charge in [0.05, 0.1) is 11.4 Å². The molecule has 9 heteroatoms. The Balaban J connectivity index is 1.63. The van der Waals surface area contributed by atoms with Crippen LogP contribution in [0.15, 0.2) is 41.3 Å². The fraction of sp³-hybridized carbons (Fsp3) is 0.381. The topological polar surface area (TPSA) is 88.2 Å². The van der Waals surface area contributed by atoms with Crippen LogP contribution in [0.2, 0.25) is 0 Å². The Morgan fingerprint density at radius 1 is 1.03 bits per heavy atom. The number of hydrogen-bond acceptors (Lipinski definition) is 6. The molecular weight excluding hydrogens is 406 g/mol. The molecule has 1 heterocycles. The van der Waals surface area contributed by atoms with Crippen LogP contribution in [-0.4, -0.2) is 64.4 Å². The number of nitrogens with zero attached hydrogens (tertiary/aromatic N) is 2. The zero-order valence-corrected chi connectivity index (χ0v) is 18.5. The van der Waals surface area contributed by atoms with Gasteiger partial charge in [0, 0.05) is 26.3 Å². The SMILES string of the molecule is Cc1ccc(NC(=O)CN(C)Cc2ccc3c(c2)OCCO3)cc1S(=O)(=O)N(C)C. The molecule has 3 rings (SSSR count). The molecule has 162 valence electrons. The third-order valence-corrected chi connectivity index (χ3v) is 6.66. The minimum absolute atomic E-state index is 0.151. The van der Waals surface area contributed by atoms with Crippen molar-refractivity contribution in [2.75, 3.05) is 46.2 Å². The summed E-state index contributed by atoms with van der Waals surface area (Å²) in [7, 11) is 1.21. The zero-order valence-electron chi connectivity index (χ0n) is 17.6. The van der Waals surface area contributed by atoms with Crippen LogP contribution in [0.5, 0.6) is 11.5 Å². The number of carbonyl (C=O) groups is 1. The molecule has 1 amide bonds. The van der Waals surface area contributed by atoms with Crippen LogP contribution in [0.3, 0.4) is 0 Å². The molecule has 0 aromatic heterocycles. The highest BCUT2D eigenvalue weighted by molar-refractivity contribution is 7.89. The second-order valence-electron chi connectivity index (χ2n) is 7.47. The summed E-state index contributed by atoms with van der Waals surface area (Å²) in [4.78, 5) is 14.5. The van der Waals surface area contributed by atoms with Crippen LogP contribution in [0.25, 0.3) is 0 Å². The Labute approximate surface area is 177 Å². The van der Waals surface area contributed by atoms with E-state index in [9.17, 15) is 13.2 Å². The Morgan fingerprint density at radius 2 is 1.73 bits per heavy atom. The lowest BCUT2D eigenvalue weighted by Crippen LogP contribution is -2.30. The summed E-state index contributed by atoms with van der Waals surface area (Å²) in [6, 6.07) is 10.6. The molecule has 2 aromatic rings. The van der Waals surface area contributed by atoms with Crippen molar-refractivity contribution >= 4 is 21.6 Å². The van der Waals surface area contributed by atoms with Gasteiger partial charge in [0.15, 0.2) is 11.5 Å². The van der Waals surface area contributed by atoms with Gasteiger partial charge in [-0.1, -0.05) is 12.1 Å². The fourth-order valence-corrected chi connectivity index (χ4v) is 4.30. The van der Waals surface area contributed by atoms with E-state index in [0.717, 1.165) is 15.6 Å². The van der Waals surface area contributed by atoms with E-state index in [1.807, 2.05) is 30.1 Å².